The summed E-state index contributed by atoms with van der Waals surface area (Å²) in [4.78, 5) is 12.2. The average molecular weight is 262 g/mol. The van der Waals surface area contributed by atoms with E-state index in [0.717, 1.165) is 5.75 Å². The van der Waals surface area contributed by atoms with Gasteiger partial charge in [0.15, 0.2) is 5.69 Å². The number of benzene rings is 1. The molecule has 0 fully saturated rings. The smallest absolute Gasteiger partial charge is 0.271 e. The van der Waals surface area contributed by atoms with Crippen molar-refractivity contribution in [3.63, 3.8) is 0 Å². The number of nitrogens with two attached hydrogens (primary N) is 2. The van der Waals surface area contributed by atoms with Gasteiger partial charge in [-0.1, -0.05) is 18.2 Å². The van der Waals surface area contributed by atoms with Crippen molar-refractivity contribution in [3.05, 3.63) is 42.2 Å². The molecule has 1 amide bonds. The minimum absolute atomic E-state index is 0.139. The van der Waals surface area contributed by atoms with Crippen molar-refractivity contribution in [2.45, 2.75) is 11.4 Å². The number of nitrogen functional groups attached to an aromatic ring is 1. The van der Waals surface area contributed by atoms with Crippen LogP contribution in [0.2, 0.25) is 0 Å². The molecule has 0 bridgehead atoms. The fraction of sp³-hybridized carbons (Fsp3) is 0.167. The summed E-state index contributed by atoms with van der Waals surface area (Å²) in [6.07, 6.45) is 1.63. The van der Waals surface area contributed by atoms with E-state index >= 15 is 0 Å². The molecule has 0 saturated carbocycles. The largest absolute Gasteiger partial charge is 0.396 e. The molecular weight excluding hydrogens is 248 g/mol. The number of rotatable bonds is 5. The van der Waals surface area contributed by atoms with Gasteiger partial charge in [-0.05, 0) is 12.1 Å². The van der Waals surface area contributed by atoms with E-state index in [2.05, 4.69) is 17.2 Å². The quantitative estimate of drug-likeness (QED) is 0.796. The van der Waals surface area contributed by atoms with Gasteiger partial charge < -0.3 is 11.5 Å². The predicted molar refractivity (Wildman–Crippen MR) is 72.3 cm³/mol. The number of anilines is 1. The summed E-state index contributed by atoms with van der Waals surface area (Å²) in [5.41, 5.74) is 11.2. The van der Waals surface area contributed by atoms with Crippen LogP contribution in [0.5, 0.6) is 0 Å². The van der Waals surface area contributed by atoms with E-state index in [9.17, 15) is 4.79 Å². The van der Waals surface area contributed by atoms with Gasteiger partial charge in [-0.2, -0.15) is 5.10 Å². The van der Waals surface area contributed by atoms with Crippen LogP contribution in [0.25, 0.3) is 0 Å². The Hall–Kier alpha value is -1.95. The number of nitrogens with zero attached hydrogens (tertiary/aromatic N) is 2. The first-order chi connectivity index (χ1) is 8.66. The normalized spacial score (nSPS) is 10.4. The van der Waals surface area contributed by atoms with Crippen LogP contribution in [0.4, 0.5) is 5.69 Å². The second kappa shape index (κ2) is 5.59. The summed E-state index contributed by atoms with van der Waals surface area (Å²) in [6, 6.07) is 10.1. The fourth-order valence-corrected chi connectivity index (χ4v) is 2.38. The molecule has 0 aliphatic rings. The minimum atomic E-state index is -0.595. The van der Waals surface area contributed by atoms with Gasteiger partial charge in [0.05, 0.1) is 12.2 Å². The standard InChI is InChI=1S/C12H14N4OS/c13-10-8-16(15-11(10)12(14)17)6-7-18-9-4-2-1-3-5-9/h1-5,8H,6-7,13H2,(H2,14,17). The molecule has 2 aromatic rings. The van der Waals surface area contributed by atoms with Crippen molar-refractivity contribution in [1.29, 1.82) is 0 Å². The maximum Gasteiger partial charge on any atom is 0.271 e. The van der Waals surface area contributed by atoms with Gasteiger partial charge in [0.25, 0.3) is 5.91 Å². The fourth-order valence-electron chi connectivity index (χ4n) is 1.52. The van der Waals surface area contributed by atoms with Crippen LogP contribution in [0.15, 0.2) is 41.4 Å². The maximum atomic E-state index is 11.0. The first-order valence-electron chi connectivity index (χ1n) is 5.47. The highest BCUT2D eigenvalue weighted by molar-refractivity contribution is 7.99. The van der Waals surface area contributed by atoms with Crippen LogP contribution in [0, 0.1) is 0 Å². The number of carbonyl (C=O) groups excluding carboxylic acids is 1. The van der Waals surface area contributed by atoms with Crippen molar-refractivity contribution < 1.29 is 4.79 Å². The number of primary amides is 1. The monoisotopic (exact) mass is 262 g/mol. The number of hydrogen-bond acceptors (Lipinski definition) is 4. The highest BCUT2D eigenvalue weighted by Gasteiger charge is 2.10. The van der Waals surface area contributed by atoms with Crippen LogP contribution in [0.3, 0.4) is 0 Å². The summed E-state index contributed by atoms with van der Waals surface area (Å²) in [5.74, 6) is 0.255. The van der Waals surface area contributed by atoms with Crippen molar-refractivity contribution in [2.75, 3.05) is 11.5 Å². The number of carbonyl (C=O) groups is 1. The van der Waals surface area contributed by atoms with Gasteiger partial charge in [-0.3, -0.25) is 9.48 Å². The predicted octanol–water partition coefficient (Wildman–Crippen LogP) is 1.36. The Kier molecular flexibility index (Phi) is 3.88. The summed E-state index contributed by atoms with van der Waals surface area (Å²) in [7, 11) is 0. The molecule has 0 radical (unpaired) electrons. The number of amides is 1. The van der Waals surface area contributed by atoms with Gasteiger partial charge in [0.1, 0.15) is 0 Å². The zero-order valence-electron chi connectivity index (χ0n) is 9.74. The van der Waals surface area contributed by atoms with Crippen LogP contribution >= 0.6 is 11.8 Å². The van der Waals surface area contributed by atoms with Crippen LogP contribution in [0.1, 0.15) is 10.5 Å². The lowest BCUT2D eigenvalue weighted by Crippen LogP contribution is -2.14. The first-order valence-corrected chi connectivity index (χ1v) is 6.46. The molecule has 0 atom stereocenters. The Morgan fingerprint density at radius 3 is 2.67 bits per heavy atom. The number of aryl methyl sites for hydroxylation is 1. The third-order valence-electron chi connectivity index (χ3n) is 2.36. The molecule has 4 N–H and O–H groups in total. The van der Waals surface area contributed by atoms with Gasteiger partial charge in [-0.15, -0.1) is 11.8 Å². The molecule has 0 aliphatic carbocycles. The molecule has 0 saturated heterocycles. The van der Waals surface area contributed by atoms with Crippen molar-refractivity contribution in [2.24, 2.45) is 5.73 Å². The van der Waals surface area contributed by atoms with E-state index in [-0.39, 0.29) is 5.69 Å². The Morgan fingerprint density at radius 1 is 1.33 bits per heavy atom. The van der Waals surface area contributed by atoms with Gasteiger partial charge >= 0.3 is 0 Å². The van der Waals surface area contributed by atoms with Crippen LogP contribution < -0.4 is 11.5 Å². The van der Waals surface area contributed by atoms with Crippen molar-refractivity contribution in [3.8, 4) is 0 Å². The lowest BCUT2D eigenvalue weighted by molar-refractivity contribution is 0.0995. The van der Waals surface area contributed by atoms with Crippen molar-refractivity contribution in [1.82, 2.24) is 9.78 Å². The Balaban J connectivity index is 1.91. The minimum Gasteiger partial charge on any atom is -0.396 e. The summed E-state index contributed by atoms with van der Waals surface area (Å²) in [6.45, 7) is 0.678. The molecule has 0 spiro atoms. The zero-order chi connectivity index (χ0) is 13.0. The lowest BCUT2D eigenvalue weighted by atomic mass is 10.4. The first kappa shape index (κ1) is 12.5. The molecule has 1 aromatic heterocycles. The summed E-state index contributed by atoms with van der Waals surface area (Å²) >= 11 is 1.72. The van der Waals surface area contributed by atoms with E-state index in [1.54, 1.807) is 22.6 Å². The van der Waals surface area contributed by atoms with Crippen LogP contribution in [-0.2, 0) is 6.54 Å². The highest BCUT2D eigenvalue weighted by Crippen LogP contribution is 2.17. The Bertz CT molecular complexity index is 538. The SMILES string of the molecule is NC(=O)c1nn(CCSc2ccccc2)cc1N. The number of hydrogen-bond donors (Lipinski definition) is 2. The molecule has 2 rings (SSSR count). The van der Waals surface area contributed by atoms with Gasteiger partial charge in [0.2, 0.25) is 0 Å². The topological polar surface area (TPSA) is 86.9 Å². The maximum absolute atomic E-state index is 11.0. The molecule has 6 heteroatoms. The lowest BCUT2D eigenvalue weighted by Gasteiger charge is -2.01. The molecule has 5 nitrogen and oxygen atoms in total. The number of aromatic nitrogens is 2. The van der Waals surface area contributed by atoms with Crippen LogP contribution in [-0.4, -0.2) is 21.4 Å². The van der Waals surface area contributed by atoms with E-state index in [4.69, 9.17) is 11.5 Å². The van der Waals surface area contributed by atoms with E-state index < -0.39 is 5.91 Å². The second-order valence-electron chi connectivity index (χ2n) is 3.72. The summed E-state index contributed by atoms with van der Waals surface area (Å²) < 4.78 is 1.64. The zero-order valence-corrected chi connectivity index (χ0v) is 10.6. The summed E-state index contributed by atoms with van der Waals surface area (Å²) in [5, 5.41) is 4.04. The Morgan fingerprint density at radius 2 is 2.06 bits per heavy atom. The molecule has 94 valence electrons. The number of thioether (sulfide) groups is 1. The van der Waals surface area contributed by atoms with E-state index in [1.807, 2.05) is 18.2 Å². The average Bonchev–Trinajstić information content (AvgIpc) is 2.72. The Labute approximate surface area is 109 Å². The van der Waals surface area contributed by atoms with Crippen molar-refractivity contribution >= 4 is 23.4 Å². The molecule has 1 aromatic carbocycles. The third-order valence-corrected chi connectivity index (χ3v) is 3.35. The van der Waals surface area contributed by atoms with E-state index in [1.165, 1.54) is 4.90 Å². The molecule has 0 aliphatic heterocycles. The molecule has 1 heterocycles. The van der Waals surface area contributed by atoms with E-state index in [0.29, 0.717) is 12.2 Å². The molecule has 18 heavy (non-hydrogen) atoms. The molecule has 0 unspecified atom stereocenters. The third kappa shape index (κ3) is 3.04. The highest BCUT2D eigenvalue weighted by atomic mass is 32.2. The second-order valence-corrected chi connectivity index (χ2v) is 4.89. The van der Waals surface area contributed by atoms with Gasteiger partial charge in [-0.25, -0.2) is 0 Å². The molecular formula is C12H14N4OS. The van der Waals surface area contributed by atoms with Gasteiger partial charge in [0, 0.05) is 16.8 Å².